The van der Waals surface area contributed by atoms with Gasteiger partial charge in [0.2, 0.25) is 0 Å². The number of nitrogens with one attached hydrogen (secondary N) is 2. The summed E-state index contributed by atoms with van der Waals surface area (Å²) < 4.78 is 10.8. The Morgan fingerprint density at radius 2 is 1.95 bits per heavy atom. The zero-order valence-electron chi connectivity index (χ0n) is 12.5. The van der Waals surface area contributed by atoms with Crippen molar-refractivity contribution in [2.24, 2.45) is 0 Å². The Morgan fingerprint density at radius 1 is 1.27 bits per heavy atom. The number of alkyl carbamates (subject to hydrolysis) is 1. The van der Waals surface area contributed by atoms with Gasteiger partial charge in [-0.1, -0.05) is 0 Å². The quantitative estimate of drug-likeness (QED) is 0.895. The van der Waals surface area contributed by atoms with Crippen molar-refractivity contribution in [1.29, 1.82) is 0 Å². The molecule has 1 saturated carbocycles. The number of amides is 2. The van der Waals surface area contributed by atoms with Gasteiger partial charge in [0.1, 0.15) is 17.9 Å². The van der Waals surface area contributed by atoms with Crippen LogP contribution in [0.4, 0.5) is 10.5 Å². The Morgan fingerprint density at radius 3 is 2.55 bits per heavy atom. The minimum atomic E-state index is -0.665. The molecule has 118 valence electrons. The molecular formula is C16H20N2O4. The van der Waals surface area contributed by atoms with Crippen molar-refractivity contribution < 1.29 is 19.1 Å². The highest BCUT2D eigenvalue weighted by Gasteiger charge is 2.36. The van der Waals surface area contributed by atoms with Crippen LogP contribution in [0.2, 0.25) is 0 Å². The van der Waals surface area contributed by atoms with Crippen LogP contribution in [0.1, 0.15) is 32.6 Å². The summed E-state index contributed by atoms with van der Waals surface area (Å²) in [4.78, 5) is 23.2. The van der Waals surface area contributed by atoms with Gasteiger partial charge in [0.25, 0.3) is 5.91 Å². The lowest BCUT2D eigenvalue weighted by Gasteiger charge is -2.15. The van der Waals surface area contributed by atoms with Crippen molar-refractivity contribution in [2.45, 2.75) is 50.9 Å². The highest BCUT2D eigenvalue weighted by atomic mass is 16.6. The molecule has 2 atom stereocenters. The van der Waals surface area contributed by atoms with Crippen LogP contribution in [0.15, 0.2) is 24.3 Å². The second-order valence-corrected chi connectivity index (χ2v) is 5.77. The third-order valence-corrected chi connectivity index (χ3v) is 4.04. The number of hydrogen-bond donors (Lipinski definition) is 2. The first-order valence-corrected chi connectivity index (χ1v) is 7.66. The maximum Gasteiger partial charge on any atom is 0.408 e. The van der Waals surface area contributed by atoms with E-state index < -0.39 is 18.2 Å². The Kier molecular flexibility index (Phi) is 4.18. The van der Waals surface area contributed by atoms with E-state index in [0.717, 1.165) is 18.6 Å². The second-order valence-electron chi connectivity index (χ2n) is 5.77. The maximum atomic E-state index is 12.1. The van der Waals surface area contributed by atoms with Gasteiger partial charge in [-0.3, -0.25) is 4.79 Å². The van der Waals surface area contributed by atoms with Gasteiger partial charge in [-0.2, -0.15) is 0 Å². The smallest absolute Gasteiger partial charge is 0.408 e. The third-order valence-electron chi connectivity index (χ3n) is 4.04. The van der Waals surface area contributed by atoms with Crippen LogP contribution >= 0.6 is 0 Å². The van der Waals surface area contributed by atoms with Gasteiger partial charge in [0.05, 0.1) is 6.10 Å². The minimum absolute atomic E-state index is 0.289. The van der Waals surface area contributed by atoms with E-state index in [4.69, 9.17) is 9.47 Å². The van der Waals surface area contributed by atoms with Crippen LogP contribution < -0.4 is 15.4 Å². The molecule has 1 saturated heterocycles. The first-order chi connectivity index (χ1) is 10.6. The van der Waals surface area contributed by atoms with Crippen LogP contribution in [-0.4, -0.2) is 30.3 Å². The van der Waals surface area contributed by atoms with Crippen LogP contribution in [0.3, 0.4) is 0 Å². The van der Waals surface area contributed by atoms with Crippen molar-refractivity contribution in [3.8, 4) is 5.75 Å². The summed E-state index contributed by atoms with van der Waals surface area (Å²) in [6.07, 6.45) is 3.95. The molecule has 2 N–H and O–H groups in total. The van der Waals surface area contributed by atoms with E-state index in [1.807, 2.05) is 12.1 Å². The first-order valence-electron chi connectivity index (χ1n) is 7.66. The zero-order chi connectivity index (χ0) is 15.5. The van der Waals surface area contributed by atoms with Crippen LogP contribution in [0.25, 0.3) is 0 Å². The average Bonchev–Trinajstić information content (AvgIpc) is 3.10. The van der Waals surface area contributed by atoms with Gasteiger partial charge in [0.15, 0.2) is 0 Å². The van der Waals surface area contributed by atoms with E-state index >= 15 is 0 Å². The molecule has 1 aromatic rings. The highest BCUT2D eigenvalue weighted by molar-refractivity contribution is 5.98. The Hall–Kier alpha value is -2.24. The maximum absolute atomic E-state index is 12.1. The summed E-state index contributed by atoms with van der Waals surface area (Å²) in [7, 11) is 0. The third kappa shape index (κ3) is 3.32. The fourth-order valence-electron chi connectivity index (χ4n) is 2.83. The Labute approximate surface area is 129 Å². The predicted octanol–water partition coefficient (Wildman–Crippen LogP) is 2.44. The van der Waals surface area contributed by atoms with Gasteiger partial charge < -0.3 is 20.1 Å². The lowest BCUT2D eigenvalue weighted by molar-refractivity contribution is -0.118. The van der Waals surface area contributed by atoms with Gasteiger partial charge >= 0.3 is 6.09 Å². The molecule has 2 amide bonds. The number of rotatable bonds is 4. The standard InChI is InChI=1S/C16H20N2O4/c1-10-14(18-16(20)21-10)15(19)17-11-6-8-13(9-7-11)22-12-4-2-3-5-12/h6-10,12,14H,2-5H2,1H3,(H,17,19)(H,18,20)/t10-,14+/m1/s1. The second kappa shape index (κ2) is 6.25. The molecule has 1 aliphatic heterocycles. The summed E-state index contributed by atoms with van der Waals surface area (Å²) in [6, 6.07) is 6.62. The van der Waals surface area contributed by atoms with E-state index in [0.29, 0.717) is 11.8 Å². The van der Waals surface area contributed by atoms with Crippen LogP contribution in [0.5, 0.6) is 5.75 Å². The number of ether oxygens (including phenoxy) is 2. The van der Waals surface area contributed by atoms with Crippen molar-refractivity contribution >= 4 is 17.7 Å². The number of anilines is 1. The molecule has 3 rings (SSSR count). The molecule has 0 aromatic heterocycles. The zero-order valence-corrected chi connectivity index (χ0v) is 12.5. The normalized spacial score (nSPS) is 24.7. The summed E-state index contributed by atoms with van der Waals surface area (Å²) >= 11 is 0. The molecule has 2 aliphatic rings. The largest absolute Gasteiger partial charge is 0.490 e. The molecular weight excluding hydrogens is 284 g/mol. The molecule has 1 heterocycles. The summed E-state index contributed by atoms with van der Waals surface area (Å²) in [5, 5.41) is 5.25. The van der Waals surface area contributed by atoms with Gasteiger partial charge in [0, 0.05) is 5.69 Å². The SMILES string of the molecule is C[C@H]1OC(=O)N[C@@H]1C(=O)Nc1ccc(OC2CCCC2)cc1. The molecule has 0 radical (unpaired) electrons. The van der Waals surface area contributed by atoms with Crippen molar-refractivity contribution in [3.05, 3.63) is 24.3 Å². The van der Waals surface area contributed by atoms with Gasteiger partial charge in [-0.05, 0) is 56.9 Å². The summed E-state index contributed by atoms with van der Waals surface area (Å²) in [5.41, 5.74) is 0.664. The van der Waals surface area contributed by atoms with Crippen LogP contribution in [-0.2, 0) is 9.53 Å². The highest BCUT2D eigenvalue weighted by Crippen LogP contribution is 2.25. The molecule has 2 fully saturated rings. The summed E-state index contributed by atoms with van der Waals surface area (Å²) in [6.45, 7) is 1.68. The predicted molar refractivity (Wildman–Crippen MR) is 80.8 cm³/mol. The van der Waals surface area contributed by atoms with Crippen LogP contribution in [0, 0.1) is 0 Å². The van der Waals surface area contributed by atoms with Crippen molar-refractivity contribution in [3.63, 3.8) is 0 Å². The van der Waals surface area contributed by atoms with Crippen molar-refractivity contribution in [2.75, 3.05) is 5.32 Å². The molecule has 6 nitrogen and oxygen atoms in total. The van der Waals surface area contributed by atoms with E-state index in [-0.39, 0.29) is 5.91 Å². The lowest BCUT2D eigenvalue weighted by atomic mass is 10.2. The number of carbonyl (C=O) groups is 2. The average molecular weight is 304 g/mol. The van der Waals surface area contributed by atoms with Gasteiger partial charge in [-0.25, -0.2) is 4.79 Å². The van der Waals surface area contributed by atoms with Gasteiger partial charge in [-0.15, -0.1) is 0 Å². The van der Waals surface area contributed by atoms with E-state index in [1.54, 1.807) is 19.1 Å². The molecule has 6 heteroatoms. The number of benzene rings is 1. The molecule has 1 aromatic carbocycles. The number of hydrogen-bond acceptors (Lipinski definition) is 4. The first kappa shape index (κ1) is 14.7. The molecule has 0 unspecified atom stereocenters. The number of carbonyl (C=O) groups excluding carboxylic acids is 2. The minimum Gasteiger partial charge on any atom is -0.490 e. The molecule has 22 heavy (non-hydrogen) atoms. The lowest BCUT2D eigenvalue weighted by Crippen LogP contribution is -2.41. The Bertz CT molecular complexity index is 552. The summed E-state index contributed by atoms with van der Waals surface area (Å²) in [5.74, 6) is 0.526. The Balaban J connectivity index is 1.56. The van der Waals surface area contributed by atoms with Crippen molar-refractivity contribution in [1.82, 2.24) is 5.32 Å². The monoisotopic (exact) mass is 304 g/mol. The number of cyclic esters (lactones) is 1. The van der Waals surface area contributed by atoms with E-state index in [2.05, 4.69) is 10.6 Å². The van der Waals surface area contributed by atoms with E-state index in [9.17, 15) is 9.59 Å². The fraction of sp³-hybridized carbons (Fsp3) is 0.500. The van der Waals surface area contributed by atoms with E-state index in [1.165, 1.54) is 12.8 Å². The fourth-order valence-corrected chi connectivity index (χ4v) is 2.83. The topological polar surface area (TPSA) is 76.7 Å². The molecule has 0 bridgehead atoms. The molecule has 0 spiro atoms. The molecule has 1 aliphatic carbocycles.